The molecule has 0 amide bonds. The molecule has 0 aliphatic carbocycles. The zero-order valence-electron chi connectivity index (χ0n) is 9.64. The highest BCUT2D eigenvalue weighted by Crippen LogP contribution is 2.32. The Bertz CT molecular complexity index is 475. The van der Waals surface area contributed by atoms with Gasteiger partial charge >= 0.3 is 0 Å². The molecule has 2 rings (SSSR count). The third-order valence-electron chi connectivity index (χ3n) is 2.69. The second-order valence-electron chi connectivity index (χ2n) is 4.21. The van der Waals surface area contributed by atoms with E-state index in [1.54, 1.807) is 6.20 Å². The SMILES string of the molecule is CC(C)c1cncc(N)c1-c1ccccc1. The molecule has 1 aromatic carbocycles. The van der Waals surface area contributed by atoms with Crippen LogP contribution in [0.4, 0.5) is 5.69 Å². The fraction of sp³-hybridized carbons (Fsp3) is 0.214. The lowest BCUT2D eigenvalue weighted by Crippen LogP contribution is -1.99. The van der Waals surface area contributed by atoms with Crippen molar-refractivity contribution in [2.24, 2.45) is 0 Å². The number of aromatic nitrogens is 1. The largest absolute Gasteiger partial charge is 0.397 e. The molecule has 0 aliphatic rings. The third kappa shape index (κ3) is 1.91. The molecule has 2 N–H and O–H groups in total. The molecular formula is C14H16N2. The Morgan fingerprint density at radius 1 is 1.06 bits per heavy atom. The zero-order valence-corrected chi connectivity index (χ0v) is 9.64. The second-order valence-corrected chi connectivity index (χ2v) is 4.21. The summed E-state index contributed by atoms with van der Waals surface area (Å²) in [5, 5.41) is 0. The summed E-state index contributed by atoms with van der Waals surface area (Å²) in [6, 6.07) is 10.2. The minimum absolute atomic E-state index is 0.422. The summed E-state index contributed by atoms with van der Waals surface area (Å²) in [6.07, 6.45) is 3.62. The van der Waals surface area contributed by atoms with E-state index < -0.39 is 0 Å². The van der Waals surface area contributed by atoms with Crippen LogP contribution in [0.15, 0.2) is 42.7 Å². The first-order valence-corrected chi connectivity index (χ1v) is 5.49. The summed E-state index contributed by atoms with van der Waals surface area (Å²) >= 11 is 0. The van der Waals surface area contributed by atoms with Crippen LogP contribution in [-0.4, -0.2) is 4.98 Å². The molecule has 1 aromatic heterocycles. The number of nitrogens with two attached hydrogens (primary N) is 1. The summed E-state index contributed by atoms with van der Waals surface area (Å²) in [5.41, 5.74) is 10.3. The van der Waals surface area contributed by atoms with Gasteiger partial charge in [0, 0.05) is 11.8 Å². The van der Waals surface area contributed by atoms with E-state index in [9.17, 15) is 0 Å². The van der Waals surface area contributed by atoms with Crippen LogP contribution in [0, 0.1) is 0 Å². The van der Waals surface area contributed by atoms with Crippen molar-refractivity contribution in [1.29, 1.82) is 0 Å². The maximum atomic E-state index is 6.03. The number of benzene rings is 1. The van der Waals surface area contributed by atoms with E-state index in [0.29, 0.717) is 5.92 Å². The fourth-order valence-corrected chi connectivity index (χ4v) is 1.87. The van der Waals surface area contributed by atoms with Crippen molar-refractivity contribution in [3.05, 3.63) is 48.3 Å². The standard InChI is InChI=1S/C14H16N2/c1-10(2)12-8-16-9-13(15)14(12)11-6-4-3-5-7-11/h3-10H,15H2,1-2H3. The van der Waals surface area contributed by atoms with Crippen LogP contribution in [0.25, 0.3) is 11.1 Å². The van der Waals surface area contributed by atoms with E-state index in [1.807, 2.05) is 24.4 Å². The van der Waals surface area contributed by atoms with E-state index in [4.69, 9.17) is 5.73 Å². The summed E-state index contributed by atoms with van der Waals surface area (Å²) in [4.78, 5) is 4.17. The Balaban J connectivity index is 2.64. The number of hydrogen-bond donors (Lipinski definition) is 1. The van der Waals surface area contributed by atoms with Crippen molar-refractivity contribution in [2.45, 2.75) is 19.8 Å². The normalized spacial score (nSPS) is 10.7. The van der Waals surface area contributed by atoms with Gasteiger partial charge in [-0.1, -0.05) is 44.2 Å². The summed E-state index contributed by atoms with van der Waals surface area (Å²) in [7, 11) is 0. The average molecular weight is 212 g/mol. The summed E-state index contributed by atoms with van der Waals surface area (Å²) in [5.74, 6) is 0.422. The van der Waals surface area contributed by atoms with Crippen LogP contribution in [0.1, 0.15) is 25.3 Å². The first-order valence-electron chi connectivity index (χ1n) is 5.49. The molecule has 0 unspecified atom stereocenters. The summed E-state index contributed by atoms with van der Waals surface area (Å²) < 4.78 is 0. The molecule has 0 atom stereocenters. The molecule has 0 aliphatic heterocycles. The Labute approximate surface area is 96.1 Å². The molecule has 2 nitrogen and oxygen atoms in total. The maximum absolute atomic E-state index is 6.03. The molecule has 0 spiro atoms. The number of anilines is 1. The van der Waals surface area contributed by atoms with Crippen molar-refractivity contribution in [3.8, 4) is 11.1 Å². The molecule has 1 heterocycles. The quantitative estimate of drug-likeness (QED) is 0.828. The molecule has 2 aromatic rings. The lowest BCUT2D eigenvalue weighted by Gasteiger charge is -2.14. The van der Waals surface area contributed by atoms with Crippen LogP contribution in [0.5, 0.6) is 0 Å². The van der Waals surface area contributed by atoms with Gasteiger partial charge in [0.1, 0.15) is 0 Å². The Morgan fingerprint density at radius 3 is 2.38 bits per heavy atom. The number of nitrogen functional groups attached to an aromatic ring is 1. The van der Waals surface area contributed by atoms with Crippen molar-refractivity contribution in [3.63, 3.8) is 0 Å². The highest BCUT2D eigenvalue weighted by molar-refractivity contribution is 5.78. The van der Waals surface area contributed by atoms with E-state index in [2.05, 4.69) is 31.0 Å². The molecule has 0 radical (unpaired) electrons. The molecule has 0 fully saturated rings. The molecule has 2 heteroatoms. The molecule has 0 bridgehead atoms. The first kappa shape index (κ1) is 10.7. The Morgan fingerprint density at radius 2 is 1.75 bits per heavy atom. The number of rotatable bonds is 2. The highest BCUT2D eigenvalue weighted by atomic mass is 14.7. The Hall–Kier alpha value is -1.83. The van der Waals surface area contributed by atoms with Gasteiger partial charge in [-0.3, -0.25) is 4.98 Å². The van der Waals surface area contributed by atoms with Crippen LogP contribution in [-0.2, 0) is 0 Å². The van der Waals surface area contributed by atoms with Crippen LogP contribution >= 0.6 is 0 Å². The fourth-order valence-electron chi connectivity index (χ4n) is 1.87. The van der Waals surface area contributed by atoms with Gasteiger partial charge in [0.15, 0.2) is 0 Å². The van der Waals surface area contributed by atoms with E-state index in [1.165, 1.54) is 5.56 Å². The van der Waals surface area contributed by atoms with Gasteiger partial charge in [-0.15, -0.1) is 0 Å². The second kappa shape index (κ2) is 4.35. The summed E-state index contributed by atoms with van der Waals surface area (Å²) in [6.45, 7) is 4.31. The van der Waals surface area contributed by atoms with Crippen LogP contribution < -0.4 is 5.73 Å². The van der Waals surface area contributed by atoms with E-state index in [-0.39, 0.29) is 0 Å². The topological polar surface area (TPSA) is 38.9 Å². The minimum Gasteiger partial charge on any atom is -0.397 e. The smallest absolute Gasteiger partial charge is 0.0583 e. The van der Waals surface area contributed by atoms with Gasteiger partial charge in [0.2, 0.25) is 0 Å². The highest BCUT2D eigenvalue weighted by Gasteiger charge is 2.11. The van der Waals surface area contributed by atoms with Gasteiger partial charge in [0.05, 0.1) is 11.9 Å². The molecule has 16 heavy (non-hydrogen) atoms. The monoisotopic (exact) mass is 212 g/mol. The van der Waals surface area contributed by atoms with Crippen LogP contribution in [0.3, 0.4) is 0 Å². The maximum Gasteiger partial charge on any atom is 0.0583 e. The lowest BCUT2D eigenvalue weighted by molar-refractivity contribution is 0.861. The number of pyridine rings is 1. The molecule has 0 saturated heterocycles. The van der Waals surface area contributed by atoms with Gasteiger partial charge in [-0.2, -0.15) is 0 Å². The third-order valence-corrected chi connectivity index (χ3v) is 2.69. The molecular weight excluding hydrogens is 196 g/mol. The van der Waals surface area contributed by atoms with Crippen molar-refractivity contribution >= 4 is 5.69 Å². The molecule has 82 valence electrons. The number of nitrogens with zero attached hydrogens (tertiary/aromatic N) is 1. The first-order chi connectivity index (χ1) is 7.70. The van der Waals surface area contributed by atoms with Gasteiger partial charge < -0.3 is 5.73 Å². The zero-order chi connectivity index (χ0) is 11.5. The Kier molecular flexibility index (Phi) is 2.91. The van der Waals surface area contributed by atoms with Crippen molar-refractivity contribution in [2.75, 3.05) is 5.73 Å². The minimum atomic E-state index is 0.422. The lowest BCUT2D eigenvalue weighted by atomic mass is 9.93. The van der Waals surface area contributed by atoms with Crippen molar-refractivity contribution in [1.82, 2.24) is 4.98 Å². The predicted molar refractivity (Wildman–Crippen MR) is 68.2 cm³/mol. The average Bonchev–Trinajstić information content (AvgIpc) is 2.29. The van der Waals surface area contributed by atoms with E-state index in [0.717, 1.165) is 16.8 Å². The van der Waals surface area contributed by atoms with Crippen LogP contribution in [0.2, 0.25) is 0 Å². The van der Waals surface area contributed by atoms with E-state index >= 15 is 0 Å². The number of hydrogen-bond acceptors (Lipinski definition) is 2. The van der Waals surface area contributed by atoms with Gasteiger partial charge in [-0.25, -0.2) is 0 Å². The van der Waals surface area contributed by atoms with Gasteiger partial charge in [0.25, 0.3) is 0 Å². The predicted octanol–water partition coefficient (Wildman–Crippen LogP) is 3.45. The van der Waals surface area contributed by atoms with Crippen molar-refractivity contribution < 1.29 is 0 Å². The van der Waals surface area contributed by atoms with Gasteiger partial charge in [-0.05, 0) is 17.0 Å². The molecule has 0 saturated carbocycles.